The van der Waals surface area contributed by atoms with E-state index in [4.69, 9.17) is 0 Å². The minimum atomic E-state index is 0.361. The van der Waals surface area contributed by atoms with Crippen LogP contribution in [0.4, 0.5) is 0 Å². The van der Waals surface area contributed by atoms with E-state index in [1.807, 2.05) is 0 Å². The van der Waals surface area contributed by atoms with E-state index in [9.17, 15) is 0 Å². The fourth-order valence-electron chi connectivity index (χ4n) is 2.26. The Morgan fingerprint density at radius 1 is 1.43 bits per heavy atom. The van der Waals surface area contributed by atoms with Crippen molar-refractivity contribution in [1.82, 2.24) is 0 Å². The summed E-state index contributed by atoms with van der Waals surface area (Å²) in [7, 11) is 0. The Kier molecular flexibility index (Phi) is 3.88. The van der Waals surface area contributed by atoms with Gasteiger partial charge in [0.2, 0.25) is 0 Å². The molecule has 0 aromatic heterocycles. The minimum Gasteiger partial charge on any atom is -0.152 e. The largest absolute Gasteiger partial charge is 0.152 e. The Balaban J connectivity index is 2.72. The summed E-state index contributed by atoms with van der Waals surface area (Å²) >= 11 is 2.09. The lowest BCUT2D eigenvalue weighted by Crippen LogP contribution is -2.30. The third kappa shape index (κ3) is 2.91. The van der Waals surface area contributed by atoms with Gasteiger partial charge >= 0.3 is 0 Å². The lowest BCUT2D eigenvalue weighted by Gasteiger charge is -2.36. The second kappa shape index (κ2) is 4.57. The van der Waals surface area contributed by atoms with Crippen LogP contribution in [0.2, 0.25) is 0 Å². The number of hydrogen-bond donors (Lipinski definition) is 0. The SMILES string of the molecule is CC1=CC=CCC1C(C)(C)SC(C)C. The summed E-state index contributed by atoms with van der Waals surface area (Å²) in [5.74, 6) is 0.708. The third-order valence-electron chi connectivity index (χ3n) is 2.80. The van der Waals surface area contributed by atoms with Crippen molar-refractivity contribution in [1.29, 1.82) is 0 Å². The van der Waals surface area contributed by atoms with E-state index in [0.29, 0.717) is 15.9 Å². The van der Waals surface area contributed by atoms with Gasteiger partial charge in [0.25, 0.3) is 0 Å². The van der Waals surface area contributed by atoms with Crippen molar-refractivity contribution < 1.29 is 0 Å². The molecule has 0 fully saturated rings. The highest BCUT2D eigenvalue weighted by atomic mass is 32.2. The Hall–Kier alpha value is -0.170. The van der Waals surface area contributed by atoms with Gasteiger partial charge in [-0.25, -0.2) is 0 Å². The Morgan fingerprint density at radius 3 is 2.57 bits per heavy atom. The smallest absolute Gasteiger partial charge is 0.0174 e. The average molecular weight is 210 g/mol. The molecule has 0 aromatic rings. The molecule has 14 heavy (non-hydrogen) atoms. The van der Waals surface area contributed by atoms with Crippen LogP contribution in [-0.2, 0) is 0 Å². The second-order valence-corrected chi connectivity index (χ2v) is 7.13. The lowest BCUT2D eigenvalue weighted by atomic mass is 9.83. The van der Waals surface area contributed by atoms with Crippen LogP contribution in [0.15, 0.2) is 23.8 Å². The third-order valence-corrected chi connectivity index (χ3v) is 4.16. The molecule has 1 unspecified atom stereocenters. The fraction of sp³-hybridized carbons (Fsp3) is 0.692. The van der Waals surface area contributed by atoms with Gasteiger partial charge in [-0.15, -0.1) is 0 Å². The Labute approximate surface area is 92.9 Å². The van der Waals surface area contributed by atoms with Crippen LogP contribution in [-0.4, -0.2) is 10.00 Å². The van der Waals surface area contributed by atoms with Gasteiger partial charge in [0.05, 0.1) is 0 Å². The van der Waals surface area contributed by atoms with Crippen LogP contribution < -0.4 is 0 Å². The van der Waals surface area contributed by atoms with Crippen molar-refractivity contribution in [3.63, 3.8) is 0 Å². The maximum absolute atomic E-state index is 2.37. The van der Waals surface area contributed by atoms with Gasteiger partial charge in [-0.1, -0.05) is 51.5 Å². The van der Waals surface area contributed by atoms with Crippen LogP contribution in [0.1, 0.15) is 41.0 Å². The molecule has 0 radical (unpaired) electrons. The summed E-state index contributed by atoms with van der Waals surface area (Å²) in [5, 5.41) is 0.712. The molecule has 0 spiro atoms. The van der Waals surface area contributed by atoms with Crippen LogP contribution >= 0.6 is 11.8 Å². The average Bonchev–Trinajstić information content (AvgIpc) is 2.02. The molecule has 0 nitrogen and oxygen atoms in total. The van der Waals surface area contributed by atoms with E-state index >= 15 is 0 Å². The Bertz CT molecular complexity index is 246. The molecule has 1 aliphatic rings. The molecular weight excluding hydrogens is 188 g/mol. The fourth-order valence-corrected chi connectivity index (χ4v) is 3.92. The molecule has 0 saturated carbocycles. The first-order valence-corrected chi connectivity index (χ1v) is 6.32. The molecule has 1 atom stereocenters. The van der Waals surface area contributed by atoms with Crippen molar-refractivity contribution >= 4 is 11.8 Å². The zero-order valence-electron chi connectivity index (χ0n) is 10.0. The van der Waals surface area contributed by atoms with Crippen LogP contribution in [0.5, 0.6) is 0 Å². The summed E-state index contributed by atoms with van der Waals surface area (Å²) in [6.45, 7) is 11.6. The van der Waals surface area contributed by atoms with Crippen LogP contribution in [0.25, 0.3) is 0 Å². The first-order valence-electron chi connectivity index (χ1n) is 5.44. The summed E-state index contributed by atoms with van der Waals surface area (Å²) in [6, 6.07) is 0. The number of thioether (sulfide) groups is 1. The summed E-state index contributed by atoms with van der Waals surface area (Å²) in [4.78, 5) is 0. The number of hydrogen-bond acceptors (Lipinski definition) is 1. The van der Waals surface area contributed by atoms with Gasteiger partial charge in [0.15, 0.2) is 0 Å². The van der Waals surface area contributed by atoms with E-state index in [0.717, 1.165) is 0 Å². The highest BCUT2D eigenvalue weighted by Gasteiger charge is 2.31. The van der Waals surface area contributed by atoms with Gasteiger partial charge in [-0.2, -0.15) is 11.8 Å². The van der Waals surface area contributed by atoms with Gasteiger partial charge in [-0.05, 0) is 24.5 Å². The van der Waals surface area contributed by atoms with Crippen molar-refractivity contribution in [2.45, 2.75) is 51.0 Å². The van der Waals surface area contributed by atoms with Gasteiger partial charge in [0, 0.05) is 4.75 Å². The molecule has 80 valence electrons. The van der Waals surface area contributed by atoms with Crippen LogP contribution in [0.3, 0.4) is 0 Å². The van der Waals surface area contributed by atoms with Gasteiger partial charge in [-0.3, -0.25) is 0 Å². The lowest BCUT2D eigenvalue weighted by molar-refractivity contribution is 0.486. The zero-order valence-corrected chi connectivity index (χ0v) is 10.8. The molecule has 0 saturated heterocycles. The van der Waals surface area contributed by atoms with Crippen molar-refractivity contribution in [2.24, 2.45) is 5.92 Å². The standard InChI is InChI=1S/C13H22S/c1-10(2)14-13(4,5)12-9-7-6-8-11(12)3/h6-8,10,12H,9H2,1-5H3. The highest BCUT2D eigenvalue weighted by Crippen LogP contribution is 2.41. The molecule has 1 heteroatoms. The van der Waals surface area contributed by atoms with Crippen molar-refractivity contribution in [3.8, 4) is 0 Å². The normalized spacial score (nSPS) is 22.7. The summed E-state index contributed by atoms with van der Waals surface area (Å²) in [5.41, 5.74) is 1.53. The molecule has 0 aliphatic heterocycles. The van der Waals surface area contributed by atoms with Crippen molar-refractivity contribution in [3.05, 3.63) is 23.8 Å². The highest BCUT2D eigenvalue weighted by molar-refractivity contribution is 8.01. The van der Waals surface area contributed by atoms with Crippen LogP contribution in [0, 0.1) is 5.92 Å². The topological polar surface area (TPSA) is 0 Å². The molecule has 1 rings (SSSR count). The molecule has 1 aliphatic carbocycles. The monoisotopic (exact) mass is 210 g/mol. The van der Waals surface area contributed by atoms with Gasteiger partial charge in [0.1, 0.15) is 0 Å². The number of allylic oxidation sites excluding steroid dienone is 4. The predicted molar refractivity (Wildman–Crippen MR) is 67.8 cm³/mol. The molecule has 0 heterocycles. The molecule has 0 amide bonds. The molecule has 0 aromatic carbocycles. The predicted octanol–water partition coefficient (Wildman–Crippen LogP) is 4.43. The Morgan fingerprint density at radius 2 is 2.07 bits per heavy atom. The maximum atomic E-state index is 2.37. The summed E-state index contributed by atoms with van der Waals surface area (Å²) < 4.78 is 0.361. The maximum Gasteiger partial charge on any atom is 0.0174 e. The van der Waals surface area contributed by atoms with Crippen molar-refractivity contribution in [2.75, 3.05) is 0 Å². The molecule has 0 N–H and O–H groups in total. The second-order valence-electron chi connectivity index (χ2n) is 4.90. The quantitative estimate of drug-likeness (QED) is 0.664. The van der Waals surface area contributed by atoms with E-state index in [1.165, 1.54) is 12.0 Å². The molecule has 0 bridgehead atoms. The minimum absolute atomic E-state index is 0.361. The first-order chi connectivity index (χ1) is 6.43. The van der Waals surface area contributed by atoms with E-state index in [1.54, 1.807) is 0 Å². The molecular formula is C13H22S. The summed E-state index contributed by atoms with van der Waals surface area (Å²) in [6.07, 6.45) is 7.94. The van der Waals surface area contributed by atoms with Gasteiger partial charge < -0.3 is 0 Å². The number of rotatable bonds is 3. The van der Waals surface area contributed by atoms with E-state index < -0.39 is 0 Å². The van der Waals surface area contributed by atoms with E-state index in [2.05, 4.69) is 64.6 Å². The zero-order chi connectivity index (χ0) is 10.8. The first kappa shape index (κ1) is 11.9. The van der Waals surface area contributed by atoms with E-state index in [-0.39, 0.29) is 0 Å².